The molecule has 3 aliphatic rings. The molecule has 24 heavy (non-hydrogen) atoms. The molecule has 1 atom stereocenters. The van der Waals surface area contributed by atoms with Crippen LogP contribution in [0.25, 0.3) is 0 Å². The number of aryl methyl sites for hydroxylation is 1. The van der Waals surface area contributed by atoms with E-state index in [4.69, 9.17) is 0 Å². The number of hydrogen-bond acceptors (Lipinski definition) is 2. The van der Waals surface area contributed by atoms with Crippen LogP contribution in [-0.4, -0.2) is 25.0 Å². The SMILES string of the molecule is O=C(NC1CCc2ccccc2C1)C1(CC2CCC2)CCNCC1. The normalized spacial score (nSPS) is 26.2. The molecule has 3 nitrogen and oxygen atoms in total. The smallest absolute Gasteiger partial charge is 0.226 e. The molecule has 1 aliphatic heterocycles. The topological polar surface area (TPSA) is 41.1 Å². The first-order valence-corrected chi connectivity index (χ1v) is 9.84. The van der Waals surface area contributed by atoms with Crippen molar-refractivity contribution in [3.8, 4) is 0 Å². The van der Waals surface area contributed by atoms with Crippen molar-refractivity contribution < 1.29 is 4.79 Å². The van der Waals surface area contributed by atoms with Crippen molar-refractivity contribution in [2.75, 3.05) is 13.1 Å². The van der Waals surface area contributed by atoms with Gasteiger partial charge >= 0.3 is 0 Å². The summed E-state index contributed by atoms with van der Waals surface area (Å²) in [6.07, 6.45) is 10.3. The molecule has 1 unspecified atom stereocenters. The van der Waals surface area contributed by atoms with Crippen LogP contribution in [0.2, 0.25) is 0 Å². The highest BCUT2D eigenvalue weighted by Gasteiger charge is 2.42. The molecule has 0 radical (unpaired) electrons. The van der Waals surface area contributed by atoms with E-state index in [1.54, 1.807) is 0 Å². The average molecular weight is 326 g/mol. The van der Waals surface area contributed by atoms with Gasteiger partial charge in [0.15, 0.2) is 0 Å². The number of carbonyl (C=O) groups is 1. The van der Waals surface area contributed by atoms with Crippen molar-refractivity contribution in [1.82, 2.24) is 10.6 Å². The van der Waals surface area contributed by atoms with Crippen molar-refractivity contribution >= 4 is 5.91 Å². The molecular weight excluding hydrogens is 296 g/mol. The standard InChI is InChI=1S/C21H30N2O/c24-20(21(10-12-22-13-11-21)15-16-4-3-5-16)23-19-9-8-17-6-1-2-7-18(17)14-19/h1-2,6-7,16,19,22H,3-5,8-15H2,(H,23,24). The van der Waals surface area contributed by atoms with Crippen LogP contribution in [0.1, 0.15) is 56.1 Å². The third-order valence-corrected chi connectivity index (χ3v) is 6.63. The van der Waals surface area contributed by atoms with Crippen molar-refractivity contribution in [2.24, 2.45) is 11.3 Å². The number of nitrogens with one attached hydrogen (secondary N) is 2. The molecule has 1 aromatic carbocycles. The summed E-state index contributed by atoms with van der Waals surface area (Å²) in [5.41, 5.74) is 2.79. The molecule has 1 heterocycles. The van der Waals surface area contributed by atoms with Gasteiger partial charge < -0.3 is 10.6 Å². The molecule has 1 saturated heterocycles. The zero-order valence-electron chi connectivity index (χ0n) is 14.7. The lowest BCUT2D eigenvalue weighted by Gasteiger charge is -2.42. The van der Waals surface area contributed by atoms with E-state index in [0.29, 0.717) is 11.9 Å². The quantitative estimate of drug-likeness (QED) is 0.892. The Balaban J connectivity index is 1.43. The van der Waals surface area contributed by atoms with Gasteiger partial charge in [-0.15, -0.1) is 0 Å². The van der Waals surface area contributed by atoms with Crippen molar-refractivity contribution in [3.63, 3.8) is 0 Å². The van der Waals surface area contributed by atoms with Crippen LogP contribution in [0.4, 0.5) is 0 Å². The molecule has 3 heteroatoms. The number of carbonyl (C=O) groups excluding carboxylic acids is 1. The third kappa shape index (κ3) is 3.23. The van der Waals surface area contributed by atoms with Crippen LogP contribution in [0, 0.1) is 11.3 Å². The first-order valence-electron chi connectivity index (χ1n) is 9.84. The molecule has 4 rings (SSSR count). The van der Waals surface area contributed by atoms with E-state index in [1.165, 1.54) is 30.4 Å². The monoisotopic (exact) mass is 326 g/mol. The molecule has 0 spiro atoms. The summed E-state index contributed by atoms with van der Waals surface area (Å²) < 4.78 is 0. The predicted octanol–water partition coefficient (Wildman–Crippen LogP) is 3.22. The highest BCUT2D eigenvalue weighted by Crippen LogP contribution is 2.43. The maximum atomic E-state index is 13.2. The van der Waals surface area contributed by atoms with Gasteiger partial charge in [-0.2, -0.15) is 0 Å². The number of amides is 1. The lowest BCUT2D eigenvalue weighted by molar-refractivity contribution is -0.135. The minimum atomic E-state index is -0.104. The molecule has 2 aliphatic carbocycles. The summed E-state index contributed by atoms with van der Waals surface area (Å²) in [5.74, 6) is 1.14. The molecule has 0 bridgehead atoms. The van der Waals surface area contributed by atoms with Crippen molar-refractivity contribution in [1.29, 1.82) is 0 Å². The Hall–Kier alpha value is -1.35. The van der Waals surface area contributed by atoms with Gasteiger partial charge in [0.2, 0.25) is 5.91 Å². The number of fused-ring (bicyclic) bond motifs is 1. The second-order valence-electron chi connectivity index (χ2n) is 8.21. The summed E-state index contributed by atoms with van der Waals surface area (Å²) in [7, 11) is 0. The minimum absolute atomic E-state index is 0.104. The van der Waals surface area contributed by atoms with Crippen LogP contribution in [0.15, 0.2) is 24.3 Å². The van der Waals surface area contributed by atoms with Gasteiger partial charge in [0, 0.05) is 6.04 Å². The Morgan fingerprint density at radius 2 is 1.88 bits per heavy atom. The van der Waals surface area contributed by atoms with Gasteiger partial charge in [0.1, 0.15) is 0 Å². The van der Waals surface area contributed by atoms with Crippen LogP contribution in [0.5, 0.6) is 0 Å². The van der Waals surface area contributed by atoms with Crippen molar-refractivity contribution in [3.05, 3.63) is 35.4 Å². The number of benzene rings is 1. The van der Waals surface area contributed by atoms with E-state index in [-0.39, 0.29) is 5.41 Å². The molecule has 1 saturated carbocycles. The lowest BCUT2D eigenvalue weighted by atomic mass is 9.67. The lowest BCUT2D eigenvalue weighted by Crippen LogP contribution is -2.52. The second kappa shape index (κ2) is 6.87. The van der Waals surface area contributed by atoms with E-state index >= 15 is 0 Å². The fourth-order valence-electron chi connectivity index (χ4n) is 4.84. The van der Waals surface area contributed by atoms with Gasteiger partial charge in [-0.05, 0) is 68.7 Å². The molecule has 0 aromatic heterocycles. The first kappa shape index (κ1) is 16.1. The Labute approximate surface area is 145 Å². The van der Waals surface area contributed by atoms with E-state index in [0.717, 1.165) is 57.5 Å². The zero-order valence-corrected chi connectivity index (χ0v) is 14.7. The van der Waals surface area contributed by atoms with Gasteiger partial charge in [-0.1, -0.05) is 43.5 Å². The second-order valence-corrected chi connectivity index (χ2v) is 8.21. The van der Waals surface area contributed by atoms with Crippen LogP contribution in [-0.2, 0) is 17.6 Å². The van der Waals surface area contributed by atoms with Gasteiger partial charge in [0.25, 0.3) is 0 Å². The predicted molar refractivity (Wildman–Crippen MR) is 96.9 cm³/mol. The van der Waals surface area contributed by atoms with Gasteiger partial charge in [-0.3, -0.25) is 4.79 Å². The molecule has 1 aromatic rings. The molecule has 1 amide bonds. The van der Waals surface area contributed by atoms with E-state index in [9.17, 15) is 4.79 Å². The highest BCUT2D eigenvalue weighted by atomic mass is 16.2. The average Bonchev–Trinajstić information content (AvgIpc) is 2.59. The Morgan fingerprint density at radius 3 is 2.58 bits per heavy atom. The number of piperidine rings is 1. The minimum Gasteiger partial charge on any atom is -0.353 e. The molecule has 2 N–H and O–H groups in total. The van der Waals surface area contributed by atoms with E-state index in [2.05, 4.69) is 34.9 Å². The zero-order chi connectivity index (χ0) is 16.4. The van der Waals surface area contributed by atoms with E-state index < -0.39 is 0 Å². The molecule has 2 fully saturated rings. The summed E-state index contributed by atoms with van der Waals surface area (Å²) in [6, 6.07) is 9.02. The largest absolute Gasteiger partial charge is 0.353 e. The maximum absolute atomic E-state index is 13.2. The fraction of sp³-hybridized carbons (Fsp3) is 0.667. The van der Waals surface area contributed by atoms with Crippen LogP contribution in [0.3, 0.4) is 0 Å². The maximum Gasteiger partial charge on any atom is 0.226 e. The van der Waals surface area contributed by atoms with Crippen LogP contribution < -0.4 is 10.6 Å². The molecular formula is C21H30N2O. The fourth-order valence-corrected chi connectivity index (χ4v) is 4.84. The summed E-state index contributed by atoms with van der Waals surface area (Å²) >= 11 is 0. The van der Waals surface area contributed by atoms with Gasteiger partial charge in [0.05, 0.1) is 5.41 Å². The third-order valence-electron chi connectivity index (χ3n) is 6.63. The molecule has 130 valence electrons. The van der Waals surface area contributed by atoms with Crippen molar-refractivity contribution in [2.45, 2.75) is 63.8 Å². The Bertz CT molecular complexity index is 587. The Kier molecular flexibility index (Phi) is 4.62. The highest BCUT2D eigenvalue weighted by molar-refractivity contribution is 5.83. The van der Waals surface area contributed by atoms with Gasteiger partial charge in [-0.25, -0.2) is 0 Å². The first-order chi connectivity index (χ1) is 11.8. The van der Waals surface area contributed by atoms with E-state index in [1.807, 2.05) is 0 Å². The summed E-state index contributed by atoms with van der Waals surface area (Å²) in [4.78, 5) is 13.2. The number of hydrogen-bond donors (Lipinski definition) is 2. The number of rotatable bonds is 4. The summed E-state index contributed by atoms with van der Waals surface area (Å²) in [6.45, 7) is 1.99. The van der Waals surface area contributed by atoms with Crippen LogP contribution >= 0.6 is 0 Å². The summed E-state index contributed by atoms with van der Waals surface area (Å²) in [5, 5.41) is 6.90. The Morgan fingerprint density at radius 1 is 1.12 bits per heavy atom.